The van der Waals surface area contributed by atoms with Gasteiger partial charge in [-0.1, -0.05) is 6.08 Å². The predicted molar refractivity (Wildman–Crippen MR) is 45.8 cm³/mol. The van der Waals surface area contributed by atoms with Gasteiger partial charge >= 0.3 is 0 Å². The normalized spacial score (nSPS) is 18.1. The van der Waals surface area contributed by atoms with Crippen LogP contribution in [0.1, 0.15) is 6.92 Å². The molecule has 1 amide bonds. The van der Waals surface area contributed by atoms with Crippen LogP contribution in [0.15, 0.2) is 23.3 Å². The summed E-state index contributed by atoms with van der Waals surface area (Å²) >= 11 is 0. The number of hydrogen-bond donors (Lipinski definition) is 1. The molecule has 0 fully saturated rings. The van der Waals surface area contributed by atoms with E-state index in [2.05, 4.69) is 5.32 Å². The van der Waals surface area contributed by atoms with Crippen LogP contribution in [0.5, 0.6) is 0 Å². The molecule has 2 nitrogen and oxygen atoms in total. The molecule has 0 aromatic heterocycles. The minimum atomic E-state index is -3.49. The number of hydrogen-bond acceptors (Lipinski definition) is 1. The van der Waals surface area contributed by atoms with Crippen molar-refractivity contribution in [3.05, 3.63) is 23.3 Å². The summed E-state index contributed by atoms with van der Waals surface area (Å²) in [5, 5.41) is 2.24. The zero-order valence-corrected chi connectivity index (χ0v) is 7.61. The number of alkyl halides is 3. The Kier molecular flexibility index (Phi) is 2.98. The van der Waals surface area contributed by atoms with Gasteiger partial charge in [-0.25, -0.2) is 4.39 Å². The van der Waals surface area contributed by atoms with Gasteiger partial charge in [-0.15, -0.1) is 0 Å². The van der Waals surface area contributed by atoms with Crippen molar-refractivity contribution in [2.24, 2.45) is 0 Å². The maximum absolute atomic E-state index is 12.9. The fourth-order valence-electron chi connectivity index (χ4n) is 1.13. The molecule has 0 atom stereocenters. The quantitative estimate of drug-likeness (QED) is 0.728. The number of allylic oxidation sites excluding steroid dienone is 2. The summed E-state index contributed by atoms with van der Waals surface area (Å²) in [6, 6.07) is 0. The Morgan fingerprint density at radius 1 is 1.50 bits per heavy atom. The lowest BCUT2D eigenvalue weighted by molar-refractivity contribution is -0.116. The first-order valence-electron chi connectivity index (χ1n) is 4.06. The number of carbonyl (C=O) groups excluding carboxylic acids is 1. The number of carbonyl (C=O) groups is 1. The zero-order valence-electron chi connectivity index (χ0n) is 7.61. The lowest BCUT2D eigenvalue weighted by atomic mass is 10.1. The Hall–Kier alpha value is -1.26. The van der Waals surface area contributed by atoms with Crippen LogP contribution < -0.4 is 5.32 Å². The Balaban J connectivity index is 2.93. The Morgan fingerprint density at radius 2 is 2.14 bits per heavy atom. The smallest absolute Gasteiger partial charge is 0.299 e. The van der Waals surface area contributed by atoms with Gasteiger partial charge in [0.25, 0.3) is 5.92 Å². The van der Waals surface area contributed by atoms with Crippen molar-refractivity contribution < 1.29 is 18.0 Å². The van der Waals surface area contributed by atoms with Crippen molar-refractivity contribution in [2.45, 2.75) is 12.8 Å². The lowest BCUT2D eigenvalue weighted by Crippen LogP contribution is -2.31. The second kappa shape index (κ2) is 3.86. The molecular formula is C9H10F3NO. The highest BCUT2D eigenvalue weighted by molar-refractivity contribution is 5.89. The third-order valence-electron chi connectivity index (χ3n) is 1.85. The number of nitrogens with one attached hydrogen (secondary N) is 1. The molecule has 1 aliphatic rings. The molecule has 0 bridgehead atoms. The van der Waals surface area contributed by atoms with Crippen molar-refractivity contribution in [3.8, 4) is 0 Å². The molecule has 1 N–H and O–H groups in total. The topological polar surface area (TPSA) is 29.1 Å². The van der Waals surface area contributed by atoms with Gasteiger partial charge in [0.1, 0.15) is 0 Å². The zero-order chi connectivity index (χ0) is 10.8. The predicted octanol–water partition coefficient (Wildman–Crippen LogP) is 1.59. The molecule has 0 aliphatic carbocycles. The van der Waals surface area contributed by atoms with Crippen molar-refractivity contribution in [3.63, 3.8) is 0 Å². The van der Waals surface area contributed by atoms with E-state index >= 15 is 0 Å². The molecule has 0 aromatic rings. The van der Waals surface area contributed by atoms with Crippen molar-refractivity contribution >= 4 is 5.91 Å². The van der Waals surface area contributed by atoms with Gasteiger partial charge in [-0.2, -0.15) is 8.78 Å². The van der Waals surface area contributed by atoms with E-state index in [9.17, 15) is 18.0 Å². The molecule has 0 saturated carbocycles. The van der Waals surface area contributed by atoms with Gasteiger partial charge in [0.2, 0.25) is 5.91 Å². The second-order valence-electron chi connectivity index (χ2n) is 3.11. The highest BCUT2D eigenvalue weighted by Gasteiger charge is 2.34. The summed E-state index contributed by atoms with van der Waals surface area (Å²) in [6.45, 7) is -0.551. The SMILES string of the molecule is CC1=CC(=O)NCC(C(F)(F)CF)=C1. The summed E-state index contributed by atoms with van der Waals surface area (Å²) in [6.07, 6.45) is 2.33. The van der Waals surface area contributed by atoms with Crippen LogP contribution in [0.3, 0.4) is 0 Å². The first kappa shape index (κ1) is 10.8. The molecule has 14 heavy (non-hydrogen) atoms. The van der Waals surface area contributed by atoms with Crippen LogP contribution in [0.4, 0.5) is 13.2 Å². The molecule has 78 valence electrons. The van der Waals surface area contributed by atoms with Crippen LogP contribution in [0.25, 0.3) is 0 Å². The van der Waals surface area contributed by atoms with Gasteiger partial charge in [0, 0.05) is 18.2 Å². The van der Waals surface area contributed by atoms with Crippen LogP contribution in [0, 0.1) is 0 Å². The molecule has 0 aromatic carbocycles. The van der Waals surface area contributed by atoms with Crippen LogP contribution >= 0.6 is 0 Å². The van der Waals surface area contributed by atoms with Gasteiger partial charge < -0.3 is 5.32 Å². The number of halogens is 3. The third kappa shape index (κ3) is 2.37. The number of rotatable bonds is 2. The monoisotopic (exact) mass is 205 g/mol. The second-order valence-corrected chi connectivity index (χ2v) is 3.11. The van der Waals surface area contributed by atoms with Gasteiger partial charge in [0.05, 0.1) is 0 Å². The molecule has 0 unspecified atom stereocenters. The third-order valence-corrected chi connectivity index (χ3v) is 1.85. The van der Waals surface area contributed by atoms with E-state index < -0.39 is 24.1 Å². The lowest BCUT2D eigenvalue weighted by Gasteiger charge is -2.15. The Bertz CT molecular complexity index is 307. The highest BCUT2D eigenvalue weighted by Crippen LogP contribution is 2.26. The maximum atomic E-state index is 12.9. The molecule has 1 rings (SSSR count). The molecule has 1 heterocycles. The first-order valence-corrected chi connectivity index (χ1v) is 4.06. The molecule has 0 spiro atoms. The molecular weight excluding hydrogens is 195 g/mol. The minimum absolute atomic E-state index is 0.316. The van der Waals surface area contributed by atoms with Crippen molar-refractivity contribution in [1.82, 2.24) is 5.32 Å². The van der Waals surface area contributed by atoms with E-state index in [0.717, 1.165) is 6.08 Å². The Labute approximate surface area is 79.5 Å². The molecule has 5 heteroatoms. The van der Waals surface area contributed by atoms with E-state index in [1.807, 2.05) is 0 Å². The fraction of sp³-hybridized carbons (Fsp3) is 0.444. The maximum Gasteiger partial charge on any atom is 0.299 e. The van der Waals surface area contributed by atoms with Crippen molar-refractivity contribution in [1.29, 1.82) is 0 Å². The van der Waals surface area contributed by atoms with E-state index in [0.29, 0.717) is 5.57 Å². The van der Waals surface area contributed by atoms with Gasteiger partial charge in [-0.3, -0.25) is 4.79 Å². The largest absolute Gasteiger partial charge is 0.349 e. The van der Waals surface area contributed by atoms with E-state index in [1.54, 1.807) is 0 Å². The van der Waals surface area contributed by atoms with Crippen LogP contribution in [0.2, 0.25) is 0 Å². The highest BCUT2D eigenvalue weighted by atomic mass is 19.3. The molecule has 1 aliphatic heterocycles. The van der Waals surface area contributed by atoms with Crippen molar-refractivity contribution in [2.75, 3.05) is 13.2 Å². The number of amides is 1. The van der Waals surface area contributed by atoms with E-state index in [1.165, 1.54) is 13.0 Å². The molecule has 0 saturated heterocycles. The first-order chi connectivity index (χ1) is 6.45. The summed E-state index contributed by atoms with van der Waals surface area (Å²) in [7, 11) is 0. The summed E-state index contributed by atoms with van der Waals surface area (Å²) < 4.78 is 37.8. The molecule has 0 radical (unpaired) electrons. The summed E-state index contributed by atoms with van der Waals surface area (Å²) in [5.41, 5.74) is -0.0114. The Morgan fingerprint density at radius 3 is 2.71 bits per heavy atom. The fourth-order valence-corrected chi connectivity index (χ4v) is 1.13. The summed E-state index contributed by atoms with van der Waals surface area (Å²) in [5.74, 6) is -3.93. The van der Waals surface area contributed by atoms with Crippen LogP contribution in [-0.2, 0) is 4.79 Å². The van der Waals surface area contributed by atoms with E-state index in [4.69, 9.17) is 0 Å². The summed E-state index contributed by atoms with van der Waals surface area (Å²) in [4.78, 5) is 10.9. The average Bonchev–Trinajstić information content (AvgIpc) is 2.27. The van der Waals surface area contributed by atoms with Gasteiger partial charge in [0.15, 0.2) is 6.67 Å². The van der Waals surface area contributed by atoms with Crippen LogP contribution in [-0.4, -0.2) is 25.0 Å². The average molecular weight is 205 g/mol. The minimum Gasteiger partial charge on any atom is -0.349 e. The van der Waals surface area contributed by atoms with E-state index in [-0.39, 0.29) is 6.54 Å². The standard InChI is InChI=1S/C9H10F3NO/c1-6-2-7(9(11,12)5-10)4-13-8(14)3-6/h2-3H,4-5H2,1H3,(H,13,14). The van der Waals surface area contributed by atoms with Gasteiger partial charge in [-0.05, 0) is 12.5 Å².